The summed E-state index contributed by atoms with van der Waals surface area (Å²) in [6.07, 6.45) is 0. The zero-order valence-electron chi connectivity index (χ0n) is 10.0. The molecule has 1 aromatic rings. The Balaban J connectivity index is 0.000000360. The molecule has 0 atom stereocenters. The second-order valence-corrected chi connectivity index (χ2v) is 7.21. The minimum absolute atomic E-state index is 0.234. The first-order valence-electron chi connectivity index (χ1n) is 4.84. The molecule has 0 heterocycles. The van der Waals surface area contributed by atoms with Gasteiger partial charge in [0.15, 0.2) is 4.90 Å². The first-order valence-corrected chi connectivity index (χ1v) is 7.37. The van der Waals surface area contributed by atoms with Gasteiger partial charge in [0.2, 0.25) is 0 Å². The van der Waals surface area contributed by atoms with E-state index in [0.717, 1.165) is 0 Å². The van der Waals surface area contributed by atoms with Crippen molar-refractivity contribution >= 4 is 20.4 Å². The molecule has 0 radical (unpaired) electrons. The quantitative estimate of drug-likeness (QED) is 0.326. The van der Waals surface area contributed by atoms with Crippen LogP contribution in [-0.4, -0.2) is 0 Å². The first-order chi connectivity index (χ1) is 7.47. The second-order valence-electron chi connectivity index (χ2n) is 4.75. The summed E-state index contributed by atoms with van der Waals surface area (Å²) in [4.78, 5) is 1.19. The Morgan fingerprint density at radius 2 is 1.22 bits per heavy atom. The van der Waals surface area contributed by atoms with Gasteiger partial charge in [0.05, 0.1) is 0 Å². The van der Waals surface area contributed by atoms with Crippen molar-refractivity contribution in [2.24, 2.45) is 0 Å². The third-order valence-corrected chi connectivity index (χ3v) is 2.17. The molecule has 0 fully saturated rings. The van der Waals surface area contributed by atoms with Gasteiger partial charge in [0.25, 0.3) is 0 Å². The molecule has 0 saturated carbocycles. The van der Waals surface area contributed by atoms with Crippen LogP contribution in [-0.2, 0) is 18.0 Å². The Hall–Kier alpha value is -0.420. The maximum absolute atomic E-state index is 10.7. The average molecular weight is 312 g/mol. The number of halogens is 6. The number of hydrogen-bond donors (Lipinski definition) is 0. The summed E-state index contributed by atoms with van der Waals surface area (Å²) < 4.78 is 59.2. The molecule has 0 spiro atoms. The first kappa shape index (κ1) is 17.6. The van der Waals surface area contributed by atoms with Gasteiger partial charge < -0.3 is 0 Å². The van der Waals surface area contributed by atoms with Crippen LogP contribution >= 0.6 is 7.81 Å². The standard InChI is InChI=1S/C10H14S.F6P/c1-10(2,3)8-6-4-5-7-9(8)11;1-7(2,3,4,5)6/h4-7,11H,1-3H3;/q;-1/p+1. The van der Waals surface area contributed by atoms with Crippen molar-refractivity contribution in [1.82, 2.24) is 0 Å². The van der Waals surface area contributed by atoms with Crippen molar-refractivity contribution in [3.63, 3.8) is 0 Å². The summed E-state index contributed by atoms with van der Waals surface area (Å²) in [5, 5.41) is 0. The summed E-state index contributed by atoms with van der Waals surface area (Å²) in [5.74, 6) is 0. The van der Waals surface area contributed by atoms with Crippen molar-refractivity contribution in [1.29, 1.82) is 0 Å². The van der Waals surface area contributed by atoms with Gasteiger partial charge in [-0.05, 0) is 24.1 Å². The molecular weight excluding hydrogens is 297 g/mol. The predicted molar refractivity (Wildman–Crippen MR) is 67.1 cm³/mol. The average Bonchev–Trinajstić information content (AvgIpc) is 1.96. The molecule has 1 aromatic carbocycles. The van der Waals surface area contributed by atoms with Gasteiger partial charge in [0, 0.05) is 5.56 Å². The van der Waals surface area contributed by atoms with E-state index in [0.29, 0.717) is 0 Å². The Kier molecular flexibility index (Phi) is 4.20. The molecule has 0 saturated heterocycles. The fraction of sp³-hybridized carbons (Fsp3) is 0.400. The van der Waals surface area contributed by atoms with Crippen LogP contribution in [0.15, 0.2) is 29.2 Å². The van der Waals surface area contributed by atoms with Gasteiger partial charge in [0.1, 0.15) is 0 Å². The van der Waals surface area contributed by atoms with E-state index in [2.05, 4.69) is 51.6 Å². The molecule has 0 bridgehead atoms. The van der Waals surface area contributed by atoms with Crippen LogP contribution in [0.2, 0.25) is 0 Å². The van der Waals surface area contributed by atoms with Crippen LogP contribution in [0, 0.1) is 0 Å². The van der Waals surface area contributed by atoms with Crippen LogP contribution in [0.3, 0.4) is 0 Å². The summed E-state index contributed by atoms with van der Waals surface area (Å²) in [7, 11) is -10.7. The summed E-state index contributed by atoms with van der Waals surface area (Å²) >= 11 is 3.58. The van der Waals surface area contributed by atoms with E-state index in [1.807, 2.05) is 6.07 Å². The van der Waals surface area contributed by atoms with E-state index in [-0.39, 0.29) is 5.41 Å². The maximum atomic E-state index is 9.87. The third kappa shape index (κ3) is 12.0. The van der Waals surface area contributed by atoms with Crippen LogP contribution in [0.25, 0.3) is 0 Å². The second kappa shape index (κ2) is 4.30. The Labute approximate surface area is 107 Å². The van der Waals surface area contributed by atoms with Gasteiger partial charge in [-0.15, -0.1) is 0 Å². The molecule has 0 aliphatic rings. The van der Waals surface area contributed by atoms with Gasteiger partial charge in [-0.2, -0.15) is 0 Å². The van der Waals surface area contributed by atoms with Crippen molar-refractivity contribution in [3.05, 3.63) is 29.8 Å². The third-order valence-electron chi connectivity index (χ3n) is 1.74. The van der Waals surface area contributed by atoms with E-state index in [1.54, 1.807) is 0 Å². The van der Waals surface area contributed by atoms with Crippen molar-refractivity contribution in [3.8, 4) is 0 Å². The van der Waals surface area contributed by atoms with Crippen LogP contribution in [0.5, 0.6) is 0 Å². The molecule has 0 aliphatic heterocycles. The SMILES string of the molecule is CC(C)(C)c1ccccc1[SH2+].F[P-](F)(F)(F)(F)F. The summed E-state index contributed by atoms with van der Waals surface area (Å²) in [5.41, 5.74) is 1.59. The summed E-state index contributed by atoms with van der Waals surface area (Å²) in [6.45, 7) is 6.64. The molecule has 18 heavy (non-hydrogen) atoms. The van der Waals surface area contributed by atoms with E-state index < -0.39 is 7.81 Å². The van der Waals surface area contributed by atoms with Crippen molar-refractivity contribution < 1.29 is 25.2 Å². The molecule has 0 nitrogen and oxygen atoms in total. The van der Waals surface area contributed by atoms with E-state index in [1.165, 1.54) is 10.5 Å². The Bertz CT molecular complexity index is 405. The molecule has 0 unspecified atom stereocenters. The van der Waals surface area contributed by atoms with Gasteiger partial charge >= 0.3 is 33.0 Å². The predicted octanol–water partition coefficient (Wildman–Crippen LogP) is 5.74. The topological polar surface area (TPSA) is 0 Å². The molecule has 0 aliphatic carbocycles. The van der Waals surface area contributed by atoms with Crippen molar-refractivity contribution in [2.45, 2.75) is 31.1 Å². The number of hydrogen-bond acceptors (Lipinski definition) is 0. The van der Waals surface area contributed by atoms with Crippen molar-refractivity contribution in [2.75, 3.05) is 0 Å². The Morgan fingerprint density at radius 3 is 1.44 bits per heavy atom. The van der Waals surface area contributed by atoms with Gasteiger partial charge in [-0.25, -0.2) is 0 Å². The van der Waals surface area contributed by atoms with Gasteiger partial charge in [-0.3, -0.25) is 0 Å². The normalized spacial score (nSPS) is 16.1. The molecule has 8 heteroatoms. The molecule has 0 amide bonds. The zero-order chi connectivity index (χ0) is 14.9. The van der Waals surface area contributed by atoms with Gasteiger partial charge in [-0.1, -0.05) is 39.0 Å². The molecular formula is C10H15F6PS. The van der Waals surface area contributed by atoms with E-state index in [9.17, 15) is 25.2 Å². The minimum atomic E-state index is -10.7. The molecule has 0 N–H and O–H groups in total. The molecule has 108 valence electrons. The van der Waals surface area contributed by atoms with Crippen LogP contribution in [0.1, 0.15) is 26.3 Å². The fourth-order valence-corrected chi connectivity index (χ4v) is 1.69. The molecule has 0 aromatic heterocycles. The number of benzene rings is 1. The van der Waals surface area contributed by atoms with E-state index >= 15 is 0 Å². The number of rotatable bonds is 0. The molecule has 1 rings (SSSR count). The fourth-order valence-electron chi connectivity index (χ4n) is 1.14. The van der Waals surface area contributed by atoms with Crippen LogP contribution < -0.4 is 0 Å². The monoisotopic (exact) mass is 312 g/mol. The van der Waals surface area contributed by atoms with Crippen LogP contribution in [0.4, 0.5) is 25.2 Å². The summed E-state index contributed by atoms with van der Waals surface area (Å²) in [6, 6.07) is 8.35. The zero-order valence-corrected chi connectivity index (χ0v) is 11.9. The van der Waals surface area contributed by atoms with E-state index in [4.69, 9.17) is 0 Å². The Morgan fingerprint density at radius 1 is 0.889 bits per heavy atom.